The molecule has 1 aliphatic heterocycles. The van der Waals surface area contributed by atoms with E-state index in [-0.39, 0.29) is 34.3 Å². The van der Waals surface area contributed by atoms with E-state index in [2.05, 4.69) is 13.8 Å². The fourth-order valence-electron chi connectivity index (χ4n) is 10.1. The van der Waals surface area contributed by atoms with Crippen molar-refractivity contribution in [3.63, 3.8) is 0 Å². The zero-order chi connectivity index (χ0) is 31.5. The van der Waals surface area contributed by atoms with Crippen LogP contribution in [0.25, 0.3) is 0 Å². The minimum atomic E-state index is -1.10. The third-order valence-corrected chi connectivity index (χ3v) is 12.3. The molecule has 4 aliphatic carbocycles. The van der Waals surface area contributed by atoms with Crippen LogP contribution in [0, 0.1) is 34.5 Å². The first-order valence-electron chi connectivity index (χ1n) is 16.0. The number of fused-ring (bicyclic) bond motifs is 5. The highest BCUT2D eigenvalue weighted by Crippen LogP contribution is 2.68. The van der Waals surface area contributed by atoms with Gasteiger partial charge < -0.3 is 35.2 Å². The molecule has 0 aromatic carbocycles. The Kier molecular flexibility index (Phi) is 8.68. The molecule has 11 nitrogen and oxygen atoms in total. The second kappa shape index (κ2) is 11.6. The Morgan fingerprint density at radius 2 is 1.40 bits per heavy atom. The molecule has 0 aromatic heterocycles. The first kappa shape index (κ1) is 32.2. The quantitative estimate of drug-likeness (QED) is 0.260. The van der Waals surface area contributed by atoms with Crippen molar-refractivity contribution in [2.45, 2.75) is 142 Å². The van der Waals surface area contributed by atoms with Gasteiger partial charge in [0.05, 0.1) is 12.2 Å². The number of hydrogen-bond donors (Lipinski definition) is 2. The molecule has 5 rings (SSSR count). The van der Waals surface area contributed by atoms with Gasteiger partial charge in [0.15, 0.2) is 24.6 Å². The second-order valence-corrected chi connectivity index (χ2v) is 14.4. The van der Waals surface area contributed by atoms with Gasteiger partial charge in [0.25, 0.3) is 0 Å². The molecule has 0 bridgehead atoms. The fraction of sp³-hybridized carbons (Fsp3) is 0.875. The smallest absolute Gasteiger partial charge is 0.303 e. The standard InChI is InChI=1S/C32H50N2O9/c1-16-25(40-17(2)35)26(41-18(3)36)27(42-19(4)37)29(39-16)43-21-9-12-30(5)20(15-21)7-8-23-22(30)10-13-31(6)24(28(33)38)11-14-32(23,31)34/h16,20-27,29H,7-15,34H2,1-6H3,(H2,33,38)/t16?,20?,21-,22?,23?,24+,25?,26?,27?,29?,30?,31+,32-/m0/s1. The maximum Gasteiger partial charge on any atom is 0.303 e. The highest BCUT2D eigenvalue weighted by Gasteiger charge is 2.67. The molecular formula is C32H50N2O9. The Balaban J connectivity index is 1.32. The SMILES string of the molecule is CC(=O)OC1C(C)OC(O[C@H]2CCC3(C)C(CCC4C3CC[C@]3(C)[C@@H](C(N)=O)CC[C@]43N)C2)C(OC(C)=O)C1OC(C)=O. The van der Waals surface area contributed by atoms with E-state index in [1.54, 1.807) is 6.92 Å². The number of nitrogens with two attached hydrogens (primary N) is 2. The third kappa shape index (κ3) is 5.47. The van der Waals surface area contributed by atoms with Crippen molar-refractivity contribution in [1.29, 1.82) is 0 Å². The van der Waals surface area contributed by atoms with Crippen LogP contribution in [0.1, 0.15) is 99.3 Å². The van der Waals surface area contributed by atoms with E-state index in [0.717, 1.165) is 57.8 Å². The Labute approximate surface area is 254 Å². The Hall–Kier alpha value is -2.24. The van der Waals surface area contributed by atoms with Crippen LogP contribution in [0.15, 0.2) is 0 Å². The van der Waals surface area contributed by atoms with Crippen LogP contribution >= 0.6 is 0 Å². The van der Waals surface area contributed by atoms with E-state index in [1.807, 2.05) is 0 Å². The Morgan fingerprint density at radius 1 is 0.767 bits per heavy atom. The number of esters is 3. The second-order valence-electron chi connectivity index (χ2n) is 14.4. The molecule has 1 amide bonds. The molecule has 4 N–H and O–H groups in total. The summed E-state index contributed by atoms with van der Waals surface area (Å²) in [5.74, 6) is -0.883. The minimum Gasteiger partial charge on any atom is -0.456 e. The van der Waals surface area contributed by atoms with Crippen molar-refractivity contribution in [2.24, 2.45) is 46.0 Å². The van der Waals surface area contributed by atoms with Crippen molar-refractivity contribution >= 4 is 23.8 Å². The molecular weight excluding hydrogens is 556 g/mol. The van der Waals surface area contributed by atoms with E-state index in [9.17, 15) is 19.2 Å². The number of rotatable bonds is 6. The van der Waals surface area contributed by atoms with E-state index in [4.69, 9.17) is 35.2 Å². The van der Waals surface area contributed by atoms with Gasteiger partial charge >= 0.3 is 17.9 Å². The molecule has 242 valence electrons. The Morgan fingerprint density at radius 3 is 2.02 bits per heavy atom. The number of hydrogen-bond acceptors (Lipinski definition) is 10. The summed E-state index contributed by atoms with van der Waals surface area (Å²) in [5.41, 5.74) is 12.6. The van der Waals surface area contributed by atoms with Crippen molar-refractivity contribution in [2.75, 3.05) is 0 Å². The van der Waals surface area contributed by atoms with Crippen LogP contribution in [0.2, 0.25) is 0 Å². The monoisotopic (exact) mass is 606 g/mol. The topological polar surface area (TPSA) is 166 Å². The first-order valence-corrected chi connectivity index (χ1v) is 16.0. The van der Waals surface area contributed by atoms with Gasteiger partial charge in [-0.1, -0.05) is 13.8 Å². The molecule has 11 heteroatoms. The first-order chi connectivity index (χ1) is 20.1. The van der Waals surface area contributed by atoms with Crippen molar-refractivity contribution in [3.05, 3.63) is 0 Å². The summed E-state index contributed by atoms with van der Waals surface area (Å²) >= 11 is 0. The van der Waals surface area contributed by atoms with Gasteiger partial charge in [-0.05, 0) is 93.3 Å². The molecule has 9 unspecified atom stereocenters. The normalized spacial score (nSPS) is 47.3. The molecule has 1 heterocycles. The summed E-state index contributed by atoms with van der Waals surface area (Å²) in [6.45, 7) is 10.1. The van der Waals surface area contributed by atoms with Crippen LogP contribution in [0.3, 0.4) is 0 Å². The highest BCUT2D eigenvalue weighted by molar-refractivity contribution is 5.78. The van der Waals surface area contributed by atoms with E-state index < -0.39 is 48.6 Å². The third-order valence-electron chi connectivity index (χ3n) is 12.3. The van der Waals surface area contributed by atoms with Crippen molar-refractivity contribution < 1.29 is 42.9 Å². The maximum absolute atomic E-state index is 12.4. The summed E-state index contributed by atoms with van der Waals surface area (Å²) < 4.78 is 29.3. The largest absolute Gasteiger partial charge is 0.456 e. The average Bonchev–Trinajstić information content (AvgIpc) is 3.19. The molecule has 43 heavy (non-hydrogen) atoms. The van der Waals surface area contributed by atoms with Crippen LogP contribution in [0.4, 0.5) is 0 Å². The average molecular weight is 607 g/mol. The van der Waals surface area contributed by atoms with Crippen LogP contribution in [-0.4, -0.2) is 66.2 Å². The summed E-state index contributed by atoms with van der Waals surface area (Å²) in [6.07, 6.45) is 3.25. The lowest BCUT2D eigenvalue weighted by atomic mass is 9.42. The number of ether oxygens (including phenoxy) is 5. The zero-order valence-corrected chi connectivity index (χ0v) is 26.5. The molecule has 0 radical (unpaired) electrons. The summed E-state index contributed by atoms with van der Waals surface area (Å²) in [7, 11) is 0. The van der Waals surface area contributed by atoms with Crippen LogP contribution in [-0.2, 0) is 42.9 Å². The maximum atomic E-state index is 12.4. The van der Waals surface area contributed by atoms with Gasteiger partial charge in [-0.2, -0.15) is 0 Å². The van der Waals surface area contributed by atoms with Gasteiger partial charge in [-0.3, -0.25) is 19.2 Å². The molecule has 1 saturated heterocycles. The van der Waals surface area contributed by atoms with E-state index in [0.29, 0.717) is 17.8 Å². The zero-order valence-electron chi connectivity index (χ0n) is 26.5. The van der Waals surface area contributed by atoms with Gasteiger partial charge in [-0.15, -0.1) is 0 Å². The fourth-order valence-corrected chi connectivity index (χ4v) is 10.1. The number of carbonyl (C=O) groups is 4. The van der Waals surface area contributed by atoms with Gasteiger partial charge in [0.1, 0.15) is 0 Å². The minimum absolute atomic E-state index is 0.0952. The molecule has 4 saturated carbocycles. The van der Waals surface area contributed by atoms with Gasteiger partial charge in [-0.25, -0.2) is 0 Å². The molecule has 0 aromatic rings. The van der Waals surface area contributed by atoms with E-state index in [1.165, 1.54) is 20.8 Å². The molecule has 5 fully saturated rings. The lowest BCUT2D eigenvalue weighted by Gasteiger charge is -2.64. The van der Waals surface area contributed by atoms with Crippen LogP contribution < -0.4 is 11.5 Å². The van der Waals surface area contributed by atoms with Crippen LogP contribution in [0.5, 0.6) is 0 Å². The summed E-state index contributed by atoms with van der Waals surface area (Å²) in [6, 6.07) is 0. The number of carbonyl (C=O) groups excluding carboxylic acids is 4. The molecule has 0 spiro atoms. The molecule has 5 aliphatic rings. The summed E-state index contributed by atoms with van der Waals surface area (Å²) in [5, 5.41) is 0. The Bertz CT molecular complexity index is 1130. The lowest BCUT2D eigenvalue weighted by Crippen LogP contribution is -2.67. The lowest BCUT2D eigenvalue weighted by molar-refractivity contribution is -0.315. The highest BCUT2D eigenvalue weighted by atomic mass is 16.7. The van der Waals surface area contributed by atoms with Gasteiger partial charge in [0, 0.05) is 32.2 Å². The van der Waals surface area contributed by atoms with E-state index >= 15 is 0 Å². The number of primary amides is 1. The molecule has 13 atom stereocenters. The predicted molar refractivity (Wildman–Crippen MR) is 154 cm³/mol. The predicted octanol–water partition coefficient (Wildman–Crippen LogP) is 3.14. The summed E-state index contributed by atoms with van der Waals surface area (Å²) in [4.78, 5) is 48.4. The number of amides is 1. The van der Waals surface area contributed by atoms with Crippen molar-refractivity contribution in [3.8, 4) is 0 Å². The van der Waals surface area contributed by atoms with Gasteiger partial charge in [0.2, 0.25) is 5.91 Å². The van der Waals surface area contributed by atoms with Crippen molar-refractivity contribution in [1.82, 2.24) is 0 Å².